The first kappa shape index (κ1) is 14.9. The zero-order valence-corrected chi connectivity index (χ0v) is 12.7. The fraction of sp³-hybridized carbons (Fsp3) is 0.176. The summed E-state index contributed by atoms with van der Waals surface area (Å²) < 4.78 is 0. The number of amides is 1. The Hall–Kier alpha value is -3.02. The summed E-state index contributed by atoms with van der Waals surface area (Å²) in [5, 5.41) is 2.77. The van der Waals surface area contributed by atoms with Crippen molar-refractivity contribution >= 4 is 22.6 Å². The average Bonchev–Trinajstić information content (AvgIpc) is 2.53. The number of pyridine rings is 1. The summed E-state index contributed by atoms with van der Waals surface area (Å²) in [5.74, 6) is -0.174. The normalized spacial score (nSPS) is 10.7. The summed E-state index contributed by atoms with van der Waals surface area (Å²) in [6.45, 7) is 1.90. The molecule has 0 aliphatic carbocycles. The maximum atomic E-state index is 12.0. The number of carbonyl (C=O) groups is 1. The monoisotopic (exact) mass is 308 g/mol. The van der Waals surface area contributed by atoms with Gasteiger partial charge in [0.1, 0.15) is 5.69 Å². The third-order valence-corrected chi connectivity index (χ3v) is 3.42. The van der Waals surface area contributed by atoms with Gasteiger partial charge in [-0.05, 0) is 30.7 Å². The van der Waals surface area contributed by atoms with E-state index in [1.54, 1.807) is 18.5 Å². The molecule has 0 saturated heterocycles. The van der Waals surface area contributed by atoms with Crippen LogP contribution in [-0.4, -0.2) is 20.9 Å². The summed E-state index contributed by atoms with van der Waals surface area (Å²) in [5.41, 5.74) is 3.13. The van der Waals surface area contributed by atoms with Crippen LogP contribution in [0.15, 0.2) is 47.5 Å². The van der Waals surface area contributed by atoms with Gasteiger partial charge in [-0.25, -0.2) is 4.98 Å². The molecule has 3 aromatic rings. The predicted molar refractivity (Wildman–Crippen MR) is 88.3 cm³/mol. The molecule has 2 N–H and O–H groups in total. The number of hydrogen-bond donors (Lipinski definition) is 2. The van der Waals surface area contributed by atoms with Crippen LogP contribution in [0.3, 0.4) is 0 Å². The maximum Gasteiger partial charge on any atom is 0.270 e. The molecule has 1 amide bonds. The number of benzene rings is 1. The molecule has 1 aromatic carbocycles. The van der Waals surface area contributed by atoms with Gasteiger partial charge in [-0.1, -0.05) is 12.1 Å². The van der Waals surface area contributed by atoms with Gasteiger partial charge in [0.05, 0.1) is 22.9 Å². The molecule has 0 atom stereocenters. The molecule has 6 heteroatoms. The van der Waals surface area contributed by atoms with Crippen LogP contribution in [0.25, 0.3) is 11.0 Å². The number of hydrogen-bond acceptors (Lipinski definition) is 4. The van der Waals surface area contributed by atoms with Gasteiger partial charge in [0.15, 0.2) is 0 Å². The lowest BCUT2D eigenvalue weighted by molar-refractivity contribution is -0.116. The van der Waals surface area contributed by atoms with E-state index in [4.69, 9.17) is 0 Å². The number of aromatic amines is 1. The van der Waals surface area contributed by atoms with Gasteiger partial charge in [-0.2, -0.15) is 0 Å². The highest BCUT2D eigenvalue weighted by Crippen LogP contribution is 2.09. The number of nitrogens with zero attached hydrogens (tertiary/aromatic N) is 2. The Morgan fingerprint density at radius 2 is 2.09 bits per heavy atom. The number of nitrogens with one attached hydrogen (secondary N) is 2. The van der Waals surface area contributed by atoms with Crippen LogP contribution >= 0.6 is 0 Å². The SMILES string of the molecule is Cc1cncc(NC(=O)CCc2nc3ccccc3[nH]c2=O)c1. The highest BCUT2D eigenvalue weighted by atomic mass is 16.1. The first-order valence-corrected chi connectivity index (χ1v) is 7.31. The fourth-order valence-electron chi connectivity index (χ4n) is 2.32. The Bertz CT molecular complexity index is 918. The Labute approximate surface area is 132 Å². The van der Waals surface area contributed by atoms with Gasteiger partial charge in [0.2, 0.25) is 5.91 Å². The molecule has 2 aromatic heterocycles. The zero-order chi connectivity index (χ0) is 16.2. The largest absolute Gasteiger partial charge is 0.325 e. The highest BCUT2D eigenvalue weighted by Gasteiger charge is 2.08. The summed E-state index contributed by atoms with van der Waals surface area (Å²) >= 11 is 0. The Kier molecular flexibility index (Phi) is 4.14. The highest BCUT2D eigenvalue weighted by molar-refractivity contribution is 5.90. The third kappa shape index (κ3) is 3.60. The Morgan fingerprint density at radius 3 is 2.91 bits per heavy atom. The van der Waals surface area contributed by atoms with Crippen LogP contribution in [0.5, 0.6) is 0 Å². The summed E-state index contributed by atoms with van der Waals surface area (Å²) in [6, 6.07) is 9.15. The minimum Gasteiger partial charge on any atom is -0.325 e. The molecule has 0 bridgehead atoms. The first-order chi connectivity index (χ1) is 11.1. The van der Waals surface area contributed by atoms with Crippen molar-refractivity contribution in [1.29, 1.82) is 0 Å². The number of para-hydroxylation sites is 2. The summed E-state index contributed by atoms with van der Waals surface area (Å²) in [4.78, 5) is 35.1. The van der Waals surface area contributed by atoms with E-state index in [0.29, 0.717) is 22.4 Å². The number of rotatable bonds is 4. The summed E-state index contributed by atoms with van der Waals surface area (Å²) in [7, 11) is 0. The number of fused-ring (bicyclic) bond motifs is 1. The smallest absolute Gasteiger partial charge is 0.270 e. The molecule has 0 spiro atoms. The molecule has 3 rings (SSSR count). The molecule has 0 aliphatic rings. The maximum absolute atomic E-state index is 12.0. The van der Waals surface area contributed by atoms with Gasteiger partial charge >= 0.3 is 0 Å². The summed E-state index contributed by atoms with van der Waals surface area (Å²) in [6.07, 6.45) is 3.77. The number of H-pyrrole nitrogens is 1. The fourth-order valence-corrected chi connectivity index (χ4v) is 2.32. The van der Waals surface area contributed by atoms with Crippen molar-refractivity contribution in [3.05, 3.63) is 64.3 Å². The van der Waals surface area contributed by atoms with Crippen molar-refractivity contribution < 1.29 is 4.79 Å². The molecule has 0 saturated carbocycles. The lowest BCUT2D eigenvalue weighted by Crippen LogP contribution is -2.19. The van der Waals surface area contributed by atoms with E-state index in [-0.39, 0.29) is 24.3 Å². The second-order valence-electron chi connectivity index (χ2n) is 5.33. The molecule has 0 fully saturated rings. The molecular weight excluding hydrogens is 292 g/mol. The minimum atomic E-state index is -0.256. The van der Waals surface area contributed by atoms with Gasteiger partial charge < -0.3 is 10.3 Å². The van der Waals surface area contributed by atoms with E-state index in [1.807, 2.05) is 31.2 Å². The quantitative estimate of drug-likeness (QED) is 0.773. The van der Waals surface area contributed by atoms with Crippen molar-refractivity contribution in [3.8, 4) is 0 Å². The minimum absolute atomic E-state index is 0.174. The topological polar surface area (TPSA) is 87.7 Å². The van der Waals surface area contributed by atoms with E-state index in [9.17, 15) is 9.59 Å². The number of anilines is 1. The van der Waals surface area contributed by atoms with E-state index in [1.165, 1.54) is 0 Å². The third-order valence-electron chi connectivity index (χ3n) is 3.42. The zero-order valence-electron chi connectivity index (χ0n) is 12.7. The van der Waals surface area contributed by atoms with Crippen LogP contribution in [0.4, 0.5) is 5.69 Å². The van der Waals surface area contributed by atoms with E-state index >= 15 is 0 Å². The lowest BCUT2D eigenvalue weighted by atomic mass is 10.2. The van der Waals surface area contributed by atoms with Crippen molar-refractivity contribution in [3.63, 3.8) is 0 Å². The molecule has 6 nitrogen and oxygen atoms in total. The molecule has 0 aliphatic heterocycles. The standard InChI is InChI=1S/C17H16N4O2/c1-11-8-12(10-18-9-11)19-16(22)7-6-15-17(23)21-14-5-3-2-4-13(14)20-15/h2-5,8-10H,6-7H2,1H3,(H,19,22)(H,21,23). The Morgan fingerprint density at radius 1 is 1.26 bits per heavy atom. The first-order valence-electron chi connectivity index (χ1n) is 7.31. The second kappa shape index (κ2) is 6.39. The Balaban J connectivity index is 1.69. The lowest BCUT2D eigenvalue weighted by Gasteiger charge is -2.05. The molecule has 2 heterocycles. The number of aryl methyl sites for hydroxylation is 2. The van der Waals surface area contributed by atoms with Crippen LogP contribution in [0.2, 0.25) is 0 Å². The van der Waals surface area contributed by atoms with Crippen molar-refractivity contribution in [2.24, 2.45) is 0 Å². The van der Waals surface area contributed by atoms with Crippen molar-refractivity contribution in [2.75, 3.05) is 5.32 Å². The molecular formula is C17H16N4O2. The van der Waals surface area contributed by atoms with Gasteiger partial charge in [-0.15, -0.1) is 0 Å². The molecule has 0 unspecified atom stereocenters. The van der Waals surface area contributed by atoms with Crippen LogP contribution in [0, 0.1) is 6.92 Å². The van der Waals surface area contributed by atoms with Gasteiger partial charge in [-0.3, -0.25) is 14.6 Å². The van der Waals surface area contributed by atoms with Gasteiger partial charge in [0, 0.05) is 19.0 Å². The molecule has 116 valence electrons. The molecule has 0 radical (unpaired) electrons. The number of aromatic nitrogens is 3. The number of carbonyl (C=O) groups excluding carboxylic acids is 1. The predicted octanol–water partition coefficient (Wildman–Crippen LogP) is 2.20. The van der Waals surface area contributed by atoms with Crippen molar-refractivity contribution in [1.82, 2.24) is 15.0 Å². The van der Waals surface area contributed by atoms with Crippen molar-refractivity contribution in [2.45, 2.75) is 19.8 Å². The van der Waals surface area contributed by atoms with Crippen LogP contribution < -0.4 is 10.9 Å². The average molecular weight is 308 g/mol. The van der Waals surface area contributed by atoms with Crippen LogP contribution in [-0.2, 0) is 11.2 Å². The van der Waals surface area contributed by atoms with E-state index in [0.717, 1.165) is 5.56 Å². The molecule has 23 heavy (non-hydrogen) atoms. The second-order valence-corrected chi connectivity index (χ2v) is 5.33. The van der Waals surface area contributed by atoms with Crippen LogP contribution in [0.1, 0.15) is 17.7 Å². The van der Waals surface area contributed by atoms with Gasteiger partial charge in [0.25, 0.3) is 5.56 Å². The van der Waals surface area contributed by atoms with E-state index < -0.39 is 0 Å². The van der Waals surface area contributed by atoms with E-state index in [2.05, 4.69) is 20.3 Å².